The summed E-state index contributed by atoms with van der Waals surface area (Å²) in [7, 11) is -10.1. The van der Waals surface area contributed by atoms with Crippen LogP contribution in [-0.4, -0.2) is 31.8 Å². The van der Waals surface area contributed by atoms with Crippen LogP contribution in [0, 0.1) is 11.3 Å². The molecule has 0 spiro atoms. The molecular weight excluding hydrogens is 568 g/mol. The molecule has 1 amide bonds. The summed E-state index contributed by atoms with van der Waals surface area (Å²) in [6.07, 6.45) is 0. The van der Waals surface area contributed by atoms with Crippen molar-refractivity contribution in [1.82, 2.24) is 0 Å². The van der Waals surface area contributed by atoms with Gasteiger partial charge in [-0.15, -0.1) is 10.2 Å². The Morgan fingerprint density at radius 3 is 2.12 bits per heavy atom. The summed E-state index contributed by atoms with van der Waals surface area (Å²) in [5, 5.41) is 20.0. The van der Waals surface area contributed by atoms with E-state index in [2.05, 4.69) is 15.5 Å². The number of nitrogens with zero attached hydrogens (tertiary/aromatic N) is 3. The zero-order valence-electron chi connectivity index (χ0n) is 21.2. The molecule has 0 radical (unpaired) electrons. The molecule has 40 heavy (non-hydrogen) atoms. The molecule has 0 aliphatic carbocycles. The number of anilines is 2. The molecule has 0 atom stereocenters. The Hall–Kier alpha value is -3.01. The fourth-order valence-corrected chi connectivity index (χ4v) is 5.96. The Bertz CT molecular complexity index is 1900. The van der Waals surface area contributed by atoms with E-state index in [4.69, 9.17) is 5.73 Å². The number of nitrogens with one attached hydrogen (secondary N) is 1. The van der Waals surface area contributed by atoms with Crippen LogP contribution >= 0.6 is 11.3 Å². The van der Waals surface area contributed by atoms with Crippen molar-refractivity contribution in [2.75, 3.05) is 11.1 Å². The predicted octanol–water partition coefficient (Wildman–Crippen LogP) is -1.79. The van der Waals surface area contributed by atoms with Gasteiger partial charge in [-0.2, -0.15) is 5.26 Å². The van der Waals surface area contributed by atoms with Gasteiger partial charge in [0.15, 0.2) is 0 Å². The predicted molar refractivity (Wildman–Crippen MR) is 137 cm³/mol. The molecule has 1 aromatic heterocycles. The fourth-order valence-electron chi connectivity index (χ4n) is 3.70. The molecule has 0 saturated carbocycles. The number of carbonyl (C=O) groups is 1. The number of thiophene rings is 1. The van der Waals surface area contributed by atoms with Crippen LogP contribution in [0.25, 0.3) is 21.9 Å². The molecular formula is C23H15Li2N5O7S3. The summed E-state index contributed by atoms with van der Waals surface area (Å²) in [6, 6.07) is 13.8. The average Bonchev–Trinajstić information content (AvgIpc) is 3.15. The number of rotatable bonds is 6. The zero-order valence-corrected chi connectivity index (χ0v) is 23.6. The van der Waals surface area contributed by atoms with Gasteiger partial charge in [-0.25, -0.2) is 16.8 Å². The number of azo groups is 1. The van der Waals surface area contributed by atoms with Gasteiger partial charge in [0.25, 0.3) is 0 Å². The Balaban J connectivity index is 0.00000280. The van der Waals surface area contributed by atoms with Crippen molar-refractivity contribution in [1.29, 1.82) is 5.26 Å². The van der Waals surface area contributed by atoms with E-state index >= 15 is 0 Å². The van der Waals surface area contributed by atoms with Crippen LogP contribution in [0.5, 0.6) is 0 Å². The van der Waals surface area contributed by atoms with Gasteiger partial charge >= 0.3 is 37.7 Å². The maximum Gasteiger partial charge on any atom is 1.00 e. The van der Waals surface area contributed by atoms with Crippen LogP contribution in [0.3, 0.4) is 0 Å². The van der Waals surface area contributed by atoms with Crippen LogP contribution in [0.15, 0.2) is 74.6 Å². The molecule has 0 saturated heterocycles. The minimum atomic E-state index is -5.11. The molecule has 0 aliphatic rings. The van der Waals surface area contributed by atoms with Gasteiger partial charge in [-0.1, -0.05) is 35.6 Å². The third-order valence-electron chi connectivity index (χ3n) is 5.22. The number of benzene rings is 3. The van der Waals surface area contributed by atoms with Crippen molar-refractivity contribution >= 4 is 69.6 Å². The molecule has 3 N–H and O–H groups in total. The summed E-state index contributed by atoms with van der Waals surface area (Å²) in [5.74, 6) is -0.271. The molecule has 17 heteroatoms. The second-order valence-electron chi connectivity index (χ2n) is 7.80. The van der Waals surface area contributed by atoms with E-state index in [-0.39, 0.29) is 75.7 Å². The van der Waals surface area contributed by atoms with Crippen LogP contribution < -0.4 is 48.8 Å². The maximum absolute atomic E-state index is 11.9. The molecule has 194 valence electrons. The van der Waals surface area contributed by atoms with Crippen LogP contribution in [0.1, 0.15) is 12.5 Å². The van der Waals surface area contributed by atoms with Crippen molar-refractivity contribution in [3.05, 3.63) is 60.2 Å². The van der Waals surface area contributed by atoms with Crippen molar-refractivity contribution in [2.24, 2.45) is 10.2 Å². The summed E-state index contributed by atoms with van der Waals surface area (Å²) in [5.41, 5.74) is 7.20. The largest absolute Gasteiger partial charge is 1.00 e. The van der Waals surface area contributed by atoms with Gasteiger partial charge in [0.05, 0.1) is 21.0 Å². The van der Waals surface area contributed by atoms with Gasteiger partial charge in [0, 0.05) is 28.9 Å². The third kappa shape index (κ3) is 7.00. The summed E-state index contributed by atoms with van der Waals surface area (Å²) in [4.78, 5) is 9.77. The van der Waals surface area contributed by atoms with E-state index in [1.807, 2.05) is 6.07 Å². The van der Waals surface area contributed by atoms with E-state index < -0.39 is 30.0 Å². The van der Waals surface area contributed by atoms with Gasteiger partial charge < -0.3 is 20.2 Å². The van der Waals surface area contributed by atoms with Crippen molar-refractivity contribution in [3.8, 4) is 17.2 Å². The molecule has 1 heterocycles. The first kappa shape index (κ1) is 33.2. The SMILES string of the molecule is CC(=O)Nc1ccc(-c2c(N=Nc3cc(S(=O)(=O)[O-])c4cccc(S(=O)(=O)[O-])c4c3)sc(N)c2C#N)cc1.[Li+].[Li+]. The molecule has 0 fully saturated rings. The minimum absolute atomic E-state index is 0. The van der Waals surface area contributed by atoms with E-state index in [1.165, 1.54) is 13.0 Å². The monoisotopic (exact) mass is 583 g/mol. The number of hydrogen-bond acceptors (Lipinski definition) is 12. The first-order valence-electron chi connectivity index (χ1n) is 10.4. The number of fused-ring (bicyclic) bond motifs is 1. The van der Waals surface area contributed by atoms with Gasteiger partial charge in [-0.3, -0.25) is 4.79 Å². The number of carbonyl (C=O) groups excluding carboxylic acids is 1. The number of amides is 1. The molecule has 4 rings (SSSR count). The Kier molecular flexibility index (Phi) is 10.5. The first-order chi connectivity index (χ1) is 17.8. The van der Waals surface area contributed by atoms with Crippen molar-refractivity contribution in [3.63, 3.8) is 0 Å². The van der Waals surface area contributed by atoms with Gasteiger partial charge in [0.2, 0.25) is 5.91 Å². The van der Waals surface area contributed by atoms with Crippen molar-refractivity contribution in [2.45, 2.75) is 16.7 Å². The van der Waals surface area contributed by atoms with Crippen LogP contribution in [-0.2, 0) is 25.0 Å². The van der Waals surface area contributed by atoms with Crippen LogP contribution in [0.4, 0.5) is 21.4 Å². The number of nitriles is 1. The maximum atomic E-state index is 11.9. The fraction of sp³-hybridized carbons (Fsp3) is 0.0435. The second-order valence-corrected chi connectivity index (χ2v) is 11.5. The number of nitrogens with two attached hydrogens (primary N) is 1. The van der Waals surface area contributed by atoms with Gasteiger partial charge in [-0.05, 0) is 35.9 Å². The summed E-state index contributed by atoms with van der Waals surface area (Å²) < 4.78 is 71.0. The van der Waals surface area contributed by atoms with E-state index in [9.17, 15) is 36.0 Å². The molecule has 12 nitrogen and oxygen atoms in total. The third-order valence-corrected chi connectivity index (χ3v) is 7.89. The van der Waals surface area contributed by atoms with E-state index in [0.717, 1.165) is 35.6 Å². The van der Waals surface area contributed by atoms with E-state index in [1.54, 1.807) is 24.3 Å². The average molecular weight is 583 g/mol. The standard InChI is InChI=1S/C23H17N5O7S3.2Li/c1-12(29)26-14-7-5-13(6-8-14)21-18(11-24)22(25)36-23(21)28-27-15-9-17-16(20(10-15)38(33,34)35)3-2-4-19(17)37(30,31)32;;/h2-10H,25H2,1H3,(H,26,29)(H,30,31,32)(H,33,34,35);;/q;2*+1/p-2. The van der Waals surface area contributed by atoms with Crippen molar-refractivity contribution < 1.29 is 68.5 Å². The first-order valence-corrected chi connectivity index (χ1v) is 14.0. The zero-order chi connectivity index (χ0) is 27.8. The Morgan fingerprint density at radius 2 is 1.57 bits per heavy atom. The normalized spacial score (nSPS) is 11.4. The second kappa shape index (κ2) is 12.7. The van der Waals surface area contributed by atoms with Crippen LogP contribution in [0.2, 0.25) is 0 Å². The Morgan fingerprint density at radius 1 is 0.950 bits per heavy atom. The van der Waals surface area contributed by atoms with E-state index in [0.29, 0.717) is 16.8 Å². The van der Waals surface area contributed by atoms with Gasteiger partial charge in [0.1, 0.15) is 36.3 Å². The Labute approximate surface area is 257 Å². The quantitative estimate of drug-likeness (QED) is 0.149. The molecule has 4 aromatic rings. The number of nitrogen functional groups attached to an aromatic ring is 1. The smallest absolute Gasteiger partial charge is 0.744 e. The molecule has 0 bridgehead atoms. The molecule has 3 aromatic carbocycles. The number of hydrogen-bond donors (Lipinski definition) is 2. The molecule has 0 aliphatic heterocycles. The summed E-state index contributed by atoms with van der Waals surface area (Å²) in [6.45, 7) is 1.35. The topological polar surface area (TPSA) is 218 Å². The minimum Gasteiger partial charge on any atom is -0.744 e. The summed E-state index contributed by atoms with van der Waals surface area (Å²) >= 11 is 0.915. The molecule has 0 unspecified atom stereocenters.